The van der Waals surface area contributed by atoms with Gasteiger partial charge in [0.2, 0.25) is 5.88 Å². The maximum Gasteiger partial charge on any atom is 0.311 e. The summed E-state index contributed by atoms with van der Waals surface area (Å²) in [7, 11) is 1.46. The molecule has 4 aromatic rings. The summed E-state index contributed by atoms with van der Waals surface area (Å²) in [5.74, 6) is -0.984. The van der Waals surface area contributed by atoms with E-state index >= 15 is 0 Å². The van der Waals surface area contributed by atoms with Crippen LogP contribution < -0.4 is 14.4 Å². The van der Waals surface area contributed by atoms with Gasteiger partial charge in [0.1, 0.15) is 28.6 Å². The largest absolute Gasteiger partial charge is 0.588 e. The first-order valence-corrected chi connectivity index (χ1v) is 17.6. The number of hydrogen-bond donors (Lipinski definition) is 1. The number of allylic oxidation sites excluding steroid dienone is 1. The van der Waals surface area contributed by atoms with E-state index in [0.29, 0.717) is 16.3 Å². The van der Waals surface area contributed by atoms with Gasteiger partial charge in [-0.1, -0.05) is 43.2 Å². The number of ether oxygens (including phenoxy) is 1. The molecule has 2 aliphatic rings. The van der Waals surface area contributed by atoms with Gasteiger partial charge in [-0.3, -0.25) is 9.69 Å². The number of rotatable bonds is 9. The van der Waals surface area contributed by atoms with Crippen LogP contribution in [0.4, 0.5) is 10.1 Å². The highest BCUT2D eigenvalue weighted by Gasteiger charge is 2.29. The molecule has 8 nitrogen and oxygen atoms in total. The van der Waals surface area contributed by atoms with Crippen molar-refractivity contribution >= 4 is 40.1 Å². The van der Waals surface area contributed by atoms with Crippen LogP contribution in [0.5, 0.6) is 5.88 Å². The van der Waals surface area contributed by atoms with E-state index in [1.807, 2.05) is 24.3 Å². The van der Waals surface area contributed by atoms with Crippen molar-refractivity contribution in [1.82, 2.24) is 19.6 Å². The predicted molar refractivity (Wildman–Crippen MR) is 189 cm³/mol. The number of halogens is 2. The SMILES string of the molecule is COc1cc(-c2nc(C(=O)N[S+]([O-])c3ccc(N4CCN(CC5=C(c6ccc(Cl)cc6)CC(C)(C)CC5)CC4)cc3)ccc2F)ccn1. The van der Waals surface area contributed by atoms with Gasteiger partial charge in [0.15, 0.2) is 4.90 Å². The van der Waals surface area contributed by atoms with E-state index in [1.165, 1.54) is 48.6 Å². The van der Waals surface area contributed by atoms with Gasteiger partial charge in [-0.2, -0.15) is 4.72 Å². The Morgan fingerprint density at radius 1 is 1.02 bits per heavy atom. The number of carbonyl (C=O) groups is 1. The molecule has 3 heterocycles. The maximum absolute atomic E-state index is 14.6. The molecular weight excluding hydrogens is 649 g/mol. The van der Waals surface area contributed by atoms with Gasteiger partial charge < -0.3 is 14.2 Å². The zero-order valence-electron chi connectivity index (χ0n) is 27.3. The lowest BCUT2D eigenvalue weighted by Crippen LogP contribution is -2.47. The number of aromatic nitrogens is 2. The van der Waals surface area contributed by atoms with Crippen molar-refractivity contribution in [1.29, 1.82) is 0 Å². The summed E-state index contributed by atoms with van der Waals surface area (Å²) in [6.45, 7) is 9.35. The van der Waals surface area contributed by atoms with Crippen molar-refractivity contribution in [2.45, 2.75) is 38.0 Å². The molecule has 1 unspecified atom stereocenters. The van der Waals surface area contributed by atoms with Gasteiger partial charge in [-0.05, 0) is 90.4 Å². The fourth-order valence-corrected chi connectivity index (χ4v) is 7.21. The second-order valence-electron chi connectivity index (χ2n) is 13.0. The number of carbonyl (C=O) groups excluding carboxylic acids is 1. The number of anilines is 1. The molecule has 0 radical (unpaired) electrons. The zero-order valence-corrected chi connectivity index (χ0v) is 28.9. The van der Waals surface area contributed by atoms with Crippen LogP contribution in [0.25, 0.3) is 16.8 Å². The Labute approximate surface area is 289 Å². The lowest BCUT2D eigenvalue weighted by molar-refractivity contribution is 0.0976. The smallest absolute Gasteiger partial charge is 0.311 e. The summed E-state index contributed by atoms with van der Waals surface area (Å²) in [6, 6.07) is 21.2. The Kier molecular flexibility index (Phi) is 10.4. The molecule has 0 saturated carbocycles. The Bertz CT molecular complexity index is 1790. The van der Waals surface area contributed by atoms with Crippen molar-refractivity contribution in [3.63, 3.8) is 0 Å². The number of pyridine rings is 2. The molecular formula is C37H39ClFN5O3S. The van der Waals surface area contributed by atoms with E-state index in [1.54, 1.807) is 18.2 Å². The van der Waals surface area contributed by atoms with Crippen LogP contribution in [0, 0.1) is 11.2 Å². The molecule has 1 fully saturated rings. The van der Waals surface area contributed by atoms with Gasteiger partial charge in [0, 0.05) is 61.3 Å². The zero-order chi connectivity index (χ0) is 33.8. The highest BCUT2D eigenvalue weighted by Crippen LogP contribution is 2.43. The minimum Gasteiger partial charge on any atom is -0.588 e. The summed E-state index contributed by atoms with van der Waals surface area (Å²) >= 11 is 4.36. The summed E-state index contributed by atoms with van der Waals surface area (Å²) in [6.07, 6.45) is 4.84. The minimum absolute atomic E-state index is 0.0278. The number of piperazine rings is 1. The van der Waals surface area contributed by atoms with Crippen molar-refractivity contribution in [2.75, 3.05) is 44.7 Å². The van der Waals surface area contributed by atoms with E-state index in [9.17, 15) is 13.7 Å². The van der Waals surface area contributed by atoms with Gasteiger partial charge in [-0.15, -0.1) is 0 Å². The van der Waals surface area contributed by atoms with Crippen LogP contribution in [0.1, 0.15) is 49.2 Å². The van der Waals surface area contributed by atoms with E-state index in [0.717, 1.165) is 62.3 Å². The normalized spacial score (nSPS) is 17.2. The van der Waals surface area contributed by atoms with E-state index in [-0.39, 0.29) is 16.8 Å². The number of benzene rings is 2. The summed E-state index contributed by atoms with van der Waals surface area (Å²) in [5, 5.41) is 0.760. The molecule has 11 heteroatoms. The molecule has 1 amide bonds. The molecule has 1 aliphatic heterocycles. The quantitative estimate of drug-likeness (QED) is 0.186. The summed E-state index contributed by atoms with van der Waals surface area (Å²) in [4.78, 5) is 26.5. The predicted octanol–water partition coefficient (Wildman–Crippen LogP) is 7.18. The third-order valence-corrected chi connectivity index (χ3v) is 10.4. The van der Waals surface area contributed by atoms with Crippen LogP contribution in [0.2, 0.25) is 5.02 Å². The van der Waals surface area contributed by atoms with Crippen molar-refractivity contribution in [3.8, 4) is 17.1 Å². The first-order chi connectivity index (χ1) is 23.1. The number of amides is 1. The molecule has 1 atom stereocenters. The molecule has 0 spiro atoms. The number of methoxy groups -OCH3 is 1. The van der Waals surface area contributed by atoms with E-state index < -0.39 is 23.1 Å². The molecule has 250 valence electrons. The lowest BCUT2D eigenvalue weighted by Gasteiger charge is -2.39. The van der Waals surface area contributed by atoms with Crippen LogP contribution in [-0.2, 0) is 11.4 Å². The van der Waals surface area contributed by atoms with E-state index in [4.69, 9.17) is 16.3 Å². The molecule has 1 aliphatic carbocycles. The molecule has 1 saturated heterocycles. The Hall–Kier alpha value is -3.96. The average Bonchev–Trinajstić information content (AvgIpc) is 3.10. The second kappa shape index (κ2) is 14.7. The molecule has 0 bridgehead atoms. The topological polar surface area (TPSA) is 93.6 Å². The van der Waals surface area contributed by atoms with Crippen LogP contribution in [0.15, 0.2) is 89.5 Å². The van der Waals surface area contributed by atoms with Gasteiger partial charge in [0.25, 0.3) is 0 Å². The Balaban J connectivity index is 1.06. The van der Waals surface area contributed by atoms with E-state index in [2.05, 4.69) is 50.5 Å². The first kappa shape index (κ1) is 33.9. The van der Waals surface area contributed by atoms with Crippen molar-refractivity contribution < 1.29 is 18.5 Å². The minimum atomic E-state index is -1.83. The lowest BCUT2D eigenvalue weighted by atomic mass is 9.72. The molecule has 2 aromatic carbocycles. The molecule has 6 rings (SSSR count). The number of nitrogens with one attached hydrogen (secondary N) is 1. The monoisotopic (exact) mass is 687 g/mol. The number of nitrogens with zero attached hydrogens (tertiary/aromatic N) is 4. The van der Waals surface area contributed by atoms with Crippen molar-refractivity contribution in [3.05, 3.63) is 107 Å². The highest BCUT2D eigenvalue weighted by molar-refractivity contribution is 7.90. The third-order valence-electron chi connectivity index (χ3n) is 9.06. The third kappa shape index (κ3) is 8.01. The Morgan fingerprint density at radius 3 is 2.46 bits per heavy atom. The van der Waals surface area contributed by atoms with Crippen LogP contribution in [-0.4, -0.2) is 65.2 Å². The van der Waals surface area contributed by atoms with Crippen LogP contribution in [0.3, 0.4) is 0 Å². The van der Waals surface area contributed by atoms with Gasteiger partial charge in [0.05, 0.1) is 7.11 Å². The van der Waals surface area contributed by atoms with Gasteiger partial charge >= 0.3 is 5.91 Å². The first-order valence-electron chi connectivity index (χ1n) is 16.0. The molecule has 48 heavy (non-hydrogen) atoms. The number of hydrogen-bond acceptors (Lipinski definition) is 7. The molecule has 1 N–H and O–H groups in total. The Morgan fingerprint density at radius 2 is 1.75 bits per heavy atom. The van der Waals surface area contributed by atoms with Gasteiger partial charge in [-0.25, -0.2) is 14.4 Å². The highest BCUT2D eigenvalue weighted by atomic mass is 35.5. The maximum atomic E-state index is 14.6. The van der Waals surface area contributed by atoms with Crippen LogP contribution >= 0.6 is 11.6 Å². The second-order valence-corrected chi connectivity index (χ2v) is 14.7. The summed E-state index contributed by atoms with van der Waals surface area (Å²) < 4.78 is 35.2. The standard InChI is InChI=1S/C37H39ClFN5O3S/c1-37(2)16-14-27(31(23-37)25-4-6-28(38)7-5-25)24-43-18-20-44(21-19-43)29-8-10-30(11-9-29)48(46)42-36(45)33-13-12-32(39)35(41-33)26-15-17-40-34(22-26)47-3/h4-13,15,17,22H,14,16,18-21,23-24H2,1-3H3,(H,42,45). The van der Waals surface area contributed by atoms with Crippen molar-refractivity contribution in [2.24, 2.45) is 5.41 Å². The fourth-order valence-electron chi connectivity index (χ4n) is 6.31. The fraction of sp³-hybridized carbons (Fsp3) is 0.324. The molecule has 2 aromatic heterocycles. The summed E-state index contributed by atoms with van der Waals surface area (Å²) in [5.41, 5.74) is 5.92. The average molecular weight is 688 g/mol.